The van der Waals surface area contributed by atoms with Gasteiger partial charge in [-0.05, 0) is 38.2 Å². The summed E-state index contributed by atoms with van der Waals surface area (Å²) in [4.78, 5) is 50.1. The first-order valence-corrected chi connectivity index (χ1v) is 10.7. The Balaban J connectivity index is 2.93. The summed E-state index contributed by atoms with van der Waals surface area (Å²) in [6.07, 6.45) is 1.69. The SMILES string of the molecule is CSCCC(NC(=O)C(NC(=O)C(N)CO)C(C)O)C(=O)N1CCCC1C(=O)O. The van der Waals surface area contributed by atoms with E-state index in [1.165, 1.54) is 23.6 Å². The van der Waals surface area contributed by atoms with E-state index in [0.29, 0.717) is 18.6 Å². The van der Waals surface area contributed by atoms with Gasteiger partial charge in [-0.1, -0.05) is 0 Å². The minimum atomic E-state index is -1.39. The lowest BCUT2D eigenvalue weighted by Gasteiger charge is -2.29. The highest BCUT2D eigenvalue weighted by Crippen LogP contribution is 2.19. The summed E-state index contributed by atoms with van der Waals surface area (Å²) in [6, 6.07) is -4.59. The van der Waals surface area contributed by atoms with Crippen molar-refractivity contribution in [1.82, 2.24) is 15.5 Å². The van der Waals surface area contributed by atoms with Crippen LogP contribution in [0, 0.1) is 0 Å². The highest BCUT2D eigenvalue weighted by Gasteiger charge is 2.38. The molecule has 0 aromatic rings. The number of nitrogens with zero attached hydrogens (tertiary/aromatic N) is 1. The van der Waals surface area contributed by atoms with Gasteiger partial charge in [-0.2, -0.15) is 11.8 Å². The monoisotopic (exact) mass is 434 g/mol. The van der Waals surface area contributed by atoms with Crippen LogP contribution in [0.15, 0.2) is 0 Å². The van der Waals surface area contributed by atoms with E-state index in [1.54, 1.807) is 0 Å². The van der Waals surface area contributed by atoms with E-state index < -0.39 is 60.6 Å². The van der Waals surface area contributed by atoms with Crippen molar-refractivity contribution in [2.45, 2.75) is 56.5 Å². The number of likely N-dealkylation sites (tertiary alicyclic amines) is 1. The fraction of sp³-hybridized carbons (Fsp3) is 0.765. The molecule has 0 aliphatic carbocycles. The zero-order valence-corrected chi connectivity index (χ0v) is 17.4. The quantitative estimate of drug-likeness (QED) is 0.204. The molecule has 1 aliphatic rings. The number of aliphatic carboxylic acids is 1. The maximum Gasteiger partial charge on any atom is 0.326 e. The number of aliphatic hydroxyl groups is 2. The lowest BCUT2D eigenvalue weighted by Crippen LogP contribution is -2.60. The maximum absolute atomic E-state index is 12.9. The molecule has 7 N–H and O–H groups in total. The average molecular weight is 435 g/mol. The van der Waals surface area contributed by atoms with E-state index in [4.69, 9.17) is 10.8 Å². The summed E-state index contributed by atoms with van der Waals surface area (Å²) in [7, 11) is 0. The number of thioether (sulfide) groups is 1. The highest BCUT2D eigenvalue weighted by atomic mass is 32.2. The third kappa shape index (κ3) is 7.14. The second kappa shape index (κ2) is 12.0. The van der Waals surface area contributed by atoms with Crippen LogP contribution in [0.4, 0.5) is 0 Å². The van der Waals surface area contributed by atoms with Crippen LogP contribution in [0.5, 0.6) is 0 Å². The molecule has 29 heavy (non-hydrogen) atoms. The predicted octanol–water partition coefficient (Wildman–Crippen LogP) is -2.51. The molecule has 0 spiro atoms. The molecule has 1 aliphatic heterocycles. The smallest absolute Gasteiger partial charge is 0.326 e. The molecule has 5 unspecified atom stereocenters. The van der Waals surface area contributed by atoms with E-state index in [-0.39, 0.29) is 13.0 Å². The molecule has 1 heterocycles. The molecule has 11 nitrogen and oxygen atoms in total. The van der Waals surface area contributed by atoms with Crippen LogP contribution in [0.2, 0.25) is 0 Å². The van der Waals surface area contributed by atoms with Crippen molar-refractivity contribution in [3.05, 3.63) is 0 Å². The van der Waals surface area contributed by atoms with Crippen molar-refractivity contribution in [1.29, 1.82) is 0 Å². The summed E-state index contributed by atoms with van der Waals surface area (Å²) in [6.45, 7) is 0.929. The minimum Gasteiger partial charge on any atom is -0.480 e. The Morgan fingerprint density at radius 2 is 1.90 bits per heavy atom. The van der Waals surface area contributed by atoms with E-state index in [0.717, 1.165) is 0 Å². The molecule has 1 saturated heterocycles. The molecule has 166 valence electrons. The number of carboxylic acid groups (broad SMARTS) is 1. The molecule has 5 atom stereocenters. The predicted molar refractivity (Wildman–Crippen MR) is 106 cm³/mol. The van der Waals surface area contributed by atoms with Crippen LogP contribution in [0.1, 0.15) is 26.2 Å². The van der Waals surface area contributed by atoms with Gasteiger partial charge in [0.15, 0.2) is 0 Å². The molecule has 0 bridgehead atoms. The number of carboxylic acids is 1. The lowest BCUT2D eigenvalue weighted by molar-refractivity contribution is -0.149. The van der Waals surface area contributed by atoms with E-state index in [2.05, 4.69) is 10.6 Å². The number of carbonyl (C=O) groups is 4. The van der Waals surface area contributed by atoms with Crippen LogP contribution in [0.25, 0.3) is 0 Å². The Labute approximate surface area is 173 Å². The molecule has 0 radical (unpaired) electrons. The van der Waals surface area contributed by atoms with Crippen molar-refractivity contribution < 1.29 is 34.5 Å². The first kappa shape index (κ1) is 25.1. The molecule has 0 saturated carbocycles. The number of hydrogen-bond donors (Lipinski definition) is 6. The summed E-state index contributed by atoms with van der Waals surface area (Å²) in [5.74, 6) is -2.71. The van der Waals surface area contributed by atoms with Crippen molar-refractivity contribution in [3.8, 4) is 0 Å². The van der Waals surface area contributed by atoms with E-state index in [1.807, 2.05) is 6.26 Å². The van der Waals surface area contributed by atoms with Crippen molar-refractivity contribution in [2.24, 2.45) is 5.73 Å². The van der Waals surface area contributed by atoms with Gasteiger partial charge in [0.05, 0.1) is 12.7 Å². The number of rotatable bonds is 11. The Hall–Kier alpha value is -1.89. The van der Waals surface area contributed by atoms with E-state index >= 15 is 0 Å². The van der Waals surface area contributed by atoms with Gasteiger partial charge in [0.2, 0.25) is 17.7 Å². The summed E-state index contributed by atoms with van der Waals surface area (Å²) >= 11 is 1.45. The lowest BCUT2D eigenvalue weighted by atomic mass is 10.1. The van der Waals surface area contributed by atoms with Gasteiger partial charge in [0, 0.05) is 6.54 Å². The Morgan fingerprint density at radius 3 is 2.41 bits per heavy atom. The largest absolute Gasteiger partial charge is 0.480 e. The van der Waals surface area contributed by atoms with Crippen molar-refractivity contribution >= 4 is 35.5 Å². The number of aliphatic hydroxyl groups excluding tert-OH is 2. The fourth-order valence-electron chi connectivity index (χ4n) is 2.99. The summed E-state index contributed by atoms with van der Waals surface area (Å²) in [5, 5.41) is 32.9. The average Bonchev–Trinajstić information content (AvgIpc) is 3.17. The maximum atomic E-state index is 12.9. The fourth-order valence-corrected chi connectivity index (χ4v) is 3.46. The van der Waals surface area contributed by atoms with Gasteiger partial charge < -0.3 is 36.6 Å². The number of nitrogens with two attached hydrogens (primary N) is 1. The molecule has 1 fully saturated rings. The van der Waals surface area contributed by atoms with Gasteiger partial charge >= 0.3 is 5.97 Å². The Kier molecular flexibility index (Phi) is 10.4. The molecule has 0 aromatic heterocycles. The summed E-state index contributed by atoms with van der Waals surface area (Å²) < 4.78 is 0. The van der Waals surface area contributed by atoms with Gasteiger partial charge in [-0.3, -0.25) is 14.4 Å². The van der Waals surface area contributed by atoms with Crippen molar-refractivity contribution in [3.63, 3.8) is 0 Å². The van der Waals surface area contributed by atoms with Crippen LogP contribution in [0.3, 0.4) is 0 Å². The van der Waals surface area contributed by atoms with Crippen LogP contribution in [-0.2, 0) is 19.2 Å². The molecular weight excluding hydrogens is 404 g/mol. The first-order chi connectivity index (χ1) is 13.6. The second-order valence-corrected chi connectivity index (χ2v) is 7.87. The van der Waals surface area contributed by atoms with Gasteiger partial charge in [0.1, 0.15) is 24.2 Å². The molecule has 0 aromatic carbocycles. The van der Waals surface area contributed by atoms with E-state index in [9.17, 15) is 29.4 Å². The summed E-state index contributed by atoms with van der Waals surface area (Å²) in [5.41, 5.74) is 5.41. The standard InChI is InChI=1S/C17H30N4O7S/c1-9(23)13(20-14(24)10(18)8-22)15(25)19-11(5-7-29-2)16(26)21-6-3-4-12(21)17(27)28/h9-13,22-23H,3-8,18H2,1-2H3,(H,19,25)(H,20,24)(H,27,28). The molecular formula is C17H30N4O7S. The van der Waals surface area contributed by atoms with Gasteiger partial charge in [0.25, 0.3) is 0 Å². The van der Waals surface area contributed by atoms with Gasteiger partial charge in [-0.25, -0.2) is 4.79 Å². The van der Waals surface area contributed by atoms with Gasteiger partial charge in [-0.15, -0.1) is 0 Å². The zero-order valence-electron chi connectivity index (χ0n) is 16.5. The minimum absolute atomic E-state index is 0.255. The third-order valence-corrected chi connectivity index (χ3v) is 5.29. The highest BCUT2D eigenvalue weighted by molar-refractivity contribution is 7.98. The Bertz CT molecular complexity index is 604. The molecule has 3 amide bonds. The third-order valence-electron chi connectivity index (χ3n) is 4.64. The number of carbonyl (C=O) groups excluding carboxylic acids is 3. The number of hydrogen-bond acceptors (Lipinski definition) is 8. The Morgan fingerprint density at radius 1 is 1.24 bits per heavy atom. The van der Waals surface area contributed by atoms with Crippen LogP contribution >= 0.6 is 11.8 Å². The zero-order chi connectivity index (χ0) is 22.1. The normalized spacial score (nSPS) is 20.4. The van der Waals surface area contributed by atoms with Crippen LogP contribution in [-0.4, -0.2) is 99.3 Å². The van der Waals surface area contributed by atoms with Crippen molar-refractivity contribution in [2.75, 3.05) is 25.2 Å². The topological polar surface area (TPSA) is 182 Å². The molecule has 12 heteroatoms. The second-order valence-electron chi connectivity index (χ2n) is 6.89. The number of amides is 3. The number of nitrogens with one attached hydrogen (secondary N) is 2. The van der Waals surface area contributed by atoms with Crippen LogP contribution < -0.4 is 16.4 Å². The molecule has 1 rings (SSSR count). The first-order valence-electron chi connectivity index (χ1n) is 9.31.